The predicted molar refractivity (Wildman–Crippen MR) is 140 cm³/mol. The maximum atomic E-state index is 12.9. The molecule has 4 aromatic rings. The first-order valence-electron chi connectivity index (χ1n) is 11.2. The van der Waals surface area contributed by atoms with Gasteiger partial charge in [-0.2, -0.15) is 0 Å². The van der Waals surface area contributed by atoms with E-state index in [0.29, 0.717) is 22.4 Å². The Hall–Kier alpha value is -4.18. The van der Waals surface area contributed by atoms with Gasteiger partial charge >= 0.3 is 0 Å². The Morgan fingerprint density at radius 3 is 2.31 bits per heavy atom. The van der Waals surface area contributed by atoms with Gasteiger partial charge in [0.2, 0.25) is 11.8 Å². The number of nitrogens with zero attached hydrogens (tertiary/aromatic N) is 4. The van der Waals surface area contributed by atoms with E-state index >= 15 is 0 Å². The molecular formula is C26H26N6O3S. The van der Waals surface area contributed by atoms with Gasteiger partial charge < -0.3 is 15.4 Å². The minimum absolute atomic E-state index is 0.0473. The zero-order valence-electron chi connectivity index (χ0n) is 20.2. The number of hydrogen-bond donors (Lipinski definition) is 2. The van der Waals surface area contributed by atoms with Crippen LogP contribution in [0.1, 0.15) is 11.1 Å². The van der Waals surface area contributed by atoms with Crippen LogP contribution in [0.2, 0.25) is 0 Å². The van der Waals surface area contributed by atoms with Crippen molar-refractivity contribution in [1.82, 2.24) is 19.7 Å². The van der Waals surface area contributed by atoms with Gasteiger partial charge in [-0.05, 0) is 61.4 Å². The second-order valence-corrected chi connectivity index (χ2v) is 8.93. The normalized spacial score (nSPS) is 10.6. The molecule has 0 atom stereocenters. The lowest BCUT2D eigenvalue weighted by Crippen LogP contribution is -2.21. The molecule has 0 unspecified atom stereocenters. The number of thioether (sulfide) groups is 1. The Morgan fingerprint density at radius 2 is 1.64 bits per heavy atom. The highest BCUT2D eigenvalue weighted by Gasteiger charge is 2.17. The van der Waals surface area contributed by atoms with Crippen LogP contribution in [0.3, 0.4) is 0 Å². The number of carbonyl (C=O) groups is 2. The van der Waals surface area contributed by atoms with Crippen molar-refractivity contribution in [2.45, 2.75) is 25.5 Å². The molecule has 0 aliphatic carbocycles. The van der Waals surface area contributed by atoms with Crippen LogP contribution in [0.4, 0.5) is 11.4 Å². The van der Waals surface area contributed by atoms with Crippen molar-refractivity contribution in [3.63, 3.8) is 0 Å². The van der Waals surface area contributed by atoms with Crippen LogP contribution in [0, 0.1) is 13.8 Å². The van der Waals surface area contributed by atoms with Crippen LogP contribution in [0.5, 0.6) is 5.75 Å². The van der Waals surface area contributed by atoms with Gasteiger partial charge in [0.15, 0.2) is 11.0 Å². The van der Waals surface area contributed by atoms with Crippen LogP contribution in [-0.2, 0) is 16.1 Å². The summed E-state index contributed by atoms with van der Waals surface area (Å²) >= 11 is 1.21. The number of ether oxygens (including phenoxy) is 1. The Balaban J connectivity index is 1.49. The number of pyridine rings is 1. The number of methoxy groups -OCH3 is 1. The van der Waals surface area contributed by atoms with Crippen molar-refractivity contribution in [3.8, 4) is 17.1 Å². The molecule has 184 valence electrons. The lowest BCUT2D eigenvalue weighted by atomic mass is 10.1. The Morgan fingerprint density at radius 1 is 0.944 bits per heavy atom. The highest BCUT2D eigenvalue weighted by molar-refractivity contribution is 7.99. The number of nitrogens with one attached hydrogen (secondary N) is 2. The number of anilines is 2. The number of carbonyl (C=O) groups excluding carboxylic acids is 2. The summed E-state index contributed by atoms with van der Waals surface area (Å²) in [7, 11) is 1.59. The third-order valence-corrected chi connectivity index (χ3v) is 6.29. The smallest absolute Gasteiger partial charge is 0.246 e. The molecule has 4 rings (SSSR count). The van der Waals surface area contributed by atoms with Crippen LogP contribution in [0.25, 0.3) is 11.4 Å². The molecule has 9 nitrogen and oxygen atoms in total. The first-order valence-corrected chi connectivity index (χ1v) is 12.2. The number of benzene rings is 2. The maximum Gasteiger partial charge on any atom is 0.246 e. The molecule has 0 bridgehead atoms. The summed E-state index contributed by atoms with van der Waals surface area (Å²) in [4.78, 5) is 34.1. The zero-order valence-corrected chi connectivity index (χ0v) is 21.0. The Kier molecular flexibility index (Phi) is 7.96. The minimum Gasteiger partial charge on any atom is -0.497 e. The van der Waals surface area contributed by atoms with E-state index in [1.807, 2.05) is 32.0 Å². The molecule has 0 aliphatic rings. The van der Waals surface area contributed by atoms with E-state index < -0.39 is 0 Å². The van der Waals surface area contributed by atoms with E-state index in [9.17, 15) is 9.59 Å². The highest BCUT2D eigenvalue weighted by Crippen LogP contribution is 2.23. The number of aryl methyl sites for hydroxylation is 2. The van der Waals surface area contributed by atoms with Crippen molar-refractivity contribution in [3.05, 3.63) is 78.1 Å². The molecule has 0 saturated heterocycles. The molecule has 0 fully saturated rings. The van der Waals surface area contributed by atoms with E-state index in [0.717, 1.165) is 22.4 Å². The molecular weight excluding hydrogens is 476 g/mol. The van der Waals surface area contributed by atoms with Crippen LogP contribution in [-0.4, -0.2) is 44.4 Å². The van der Waals surface area contributed by atoms with Crippen molar-refractivity contribution >= 4 is 35.0 Å². The molecule has 0 saturated carbocycles. The third kappa shape index (κ3) is 6.28. The fourth-order valence-corrected chi connectivity index (χ4v) is 4.23. The number of hydrogen-bond acceptors (Lipinski definition) is 7. The fourth-order valence-electron chi connectivity index (χ4n) is 3.49. The third-order valence-electron chi connectivity index (χ3n) is 5.32. The second kappa shape index (κ2) is 11.5. The summed E-state index contributed by atoms with van der Waals surface area (Å²) in [6.45, 7) is 3.85. The molecule has 0 aliphatic heterocycles. The molecule has 2 aromatic heterocycles. The van der Waals surface area contributed by atoms with Crippen LogP contribution < -0.4 is 15.4 Å². The average Bonchev–Trinajstić information content (AvgIpc) is 3.28. The van der Waals surface area contributed by atoms with Gasteiger partial charge in [-0.15, -0.1) is 5.10 Å². The molecule has 2 N–H and O–H groups in total. The van der Waals surface area contributed by atoms with E-state index in [1.165, 1.54) is 16.4 Å². The second-order valence-electron chi connectivity index (χ2n) is 7.99. The number of aromatic nitrogens is 4. The Bertz CT molecular complexity index is 1340. The van der Waals surface area contributed by atoms with Gasteiger partial charge in [0.1, 0.15) is 12.3 Å². The number of rotatable bonds is 9. The van der Waals surface area contributed by atoms with Crippen LogP contribution in [0.15, 0.2) is 72.1 Å². The average molecular weight is 503 g/mol. The summed E-state index contributed by atoms with van der Waals surface area (Å²) in [6.07, 6.45) is 3.30. The lowest BCUT2D eigenvalue weighted by molar-refractivity contribution is -0.117. The Labute approximate surface area is 213 Å². The number of amides is 2. The van der Waals surface area contributed by atoms with E-state index in [1.54, 1.807) is 55.9 Å². The summed E-state index contributed by atoms with van der Waals surface area (Å²) < 4.78 is 6.66. The zero-order chi connectivity index (χ0) is 25.5. The largest absolute Gasteiger partial charge is 0.497 e. The van der Waals surface area contributed by atoms with Crippen molar-refractivity contribution in [2.24, 2.45) is 0 Å². The topological polar surface area (TPSA) is 111 Å². The SMILES string of the molecule is COc1ccc(NC(=O)CSc2nc(-c3ccncc3)nn2CC(=O)Nc2c(C)cccc2C)cc1. The highest BCUT2D eigenvalue weighted by atomic mass is 32.2. The van der Waals surface area contributed by atoms with Gasteiger partial charge in [-0.1, -0.05) is 30.0 Å². The first-order chi connectivity index (χ1) is 17.4. The van der Waals surface area contributed by atoms with Gasteiger partial charge in [-0.25, -0.2) is 9.67 Å². The van der Waals surface area contributed by atoms with Crippen molar-refractivity contribution in [1.29, 1.82) is 0 Å². The molecule has 10 heteroatoms. The van der Waals surface area contributed by atoms with E-state index in [2.05, 4.69) is 25.7 Å². The van der Waals surface area contributed by atoms with Gasteiger partial charge in [0.25, 0.3) is 0 Å². The first kappa shape index (κ1) is 24.9. The summed E-state index contributed by atoms with van der Waals surface area (Å²) in [5, 5.41) is 10.8. The van der Waals surface area contributed by atoms with Gasteiger partial charge in [-0.3, -0.25) is 14.6 Å². The van der Waals surface area contributed by atoms with Crippen molar-refractivity contribution in [2.75, 3.05) is 23.5 Å². The molecule has 0 radical (unpaired) electrons. The van der Waals surface area contributed by atoms with Gasteiger partial charge in [0, 0.05) is 29.3 Å². The summed E-state index contributed by atoms with van der Waals surface area (Å²) in [5.74, 6) is 0.820. The molecule has 2 aromatic carbocycles. The van der Waals surface area contributed by atoms with E-state index in [4.69, 9.17) is 4.74 Å². The molecule has 0 spiro atoms. The van der Waals surface area contributed by atoms with Crippen LogP contribution >= 0.6 is 11.8 Å². The standard InChI is InChI=1S/C26H26N6O3S/c1-17-5-4-6-18(2)24(17)29-22(33)15-32-26(30-25(31-32)19-11-13-27-14-12-19)36-16-23(34)28-20-7-9-21(35-3)10-8-20/h4-14H,15-16H2,1-3H3,(H,28,34)(H,29,33). The molecule has 2 amide bonds. The summed E-state index contributed by atoms with van der Waals surface area (Å²) in [6, 6.07) is 16.5. The van der Waals surface area contributed by atoms with E-state index in [-0.39, 0.29) is 24.1 Å². The van der Waals surface area contributed by atoms with Crippen molar-refractivity contribution < 1.29 is 14.3 Å². The predicted octanol–water partition coefficient (Wildman–Crippen LogP) is 4.34. The minimum atomic E-state index is -0.233. The monoisotopic (exact) mass is 502 g/mol. The summed E-state index contributed by atoms with van der Waals surface area (Å²) in [5.41, 5.74) is 4.16. The molecule has 36 heavy (non-hydrogen) atoms. The van der Waals surface area contributed by atoms with Gasteiger partial charge in [0.05, 0.1) is 12.9 Å². The lowest BCUT2D eigenvalue weighted by Gasteiger charge is -2.12. The molecule has 2 heterocycles. The number of para-hydroxylation sites is 1. The quantitative estimate of drug-likeness (QED) is 0.328. The fraction of sp³-hybridized carbons (Fsp3) is 0.192. The maximum absolute atomic E-state index is 12.9.